The van der Waals surface area contributed by atoms with E-state index in [1.807, 2.05) is 24.3 Å². The molecule has 0 spiro atoms. The minimum atomic E-state index is -2.80. The first kappa shape index (κ1) is 30.8. The maximum Gasteiger partial charge on any atom is 0.479 e. The Morgan fingerprint density at radius 2 is 1.85 bits per heavy atom. The average Bonchev–Trinajstić information content (AvgIpc) is 2.93. The number of para-hydroxylation sites is 1. The van der Waals surface area contributed by atoms with E-state index in [0.29, 0.717) is 30.1 Å². The molecule has 1 saturated heterocycles. The van der Waals surface area contributed by atoms with E-state index in [4.69, 9.17) is 17.6 Å². The SMILES string of the molecule is CO[Si](CCCN=Cc1cc(C(C)(C)C)cc(C2N[C@@]3(/N=C/c4ccccc4O)CCCC[C@@H]23)c1O)(O[Si])O[Si]. The zero-order valence-electron chi connectivity index (χ0n) is 23.7. The topological polar surface area (TPSA) is 105 Å². The van der Waals surface area contributed by atoms with Crippen molar-refractivity contribution >= 4 is 42.2 Å². The molecule has 1 saturated carbocycles. The number of rotatable bonds is 11. The van der Waals surface area contributed by atoms with Crippen molar-refractivity contribution < 1.29 is 22.9 Å². The smallest absolute Gasteiger partial charge is 0.479 e. The van der Waals surface area contributed by atoms with Crippen LogP contribution < -0.4 is 5.32 Å². The second-order valence-corrected chi connectivity index (χ2v) is 15.6. The summed E-state index contributed by atoms with van der Waals surface area (Å²) in [5.74, 6) is 0.722. The number of nitrogens with one attached hydrogen (secondary N) is 1. The molecule has 8 nitrogen and oxygen atoms in total. The normalized spacial score (nSPS) is 23.4. The molecule has 1 aliphatic heterocycles. The molecule has 3 atom stereocenters. The number of aliphatic imine (C=N–C) groups is 2. The number of nitrogens with zero attached hydrogens (tertiary/aromatic N) is 2. The van der Waals surface area contributed by atoms with Gasteiger partial charge in [0.2, 0.25) is 21.0 Å². The van der Waals surface area contributed by atoms with Gasteiger partial charge in [0.05, 0.1) is 0 Å². The van der Waals surface area contributed by atoms with Crippen molar-refractivity contribution in [2.45, 2.75) is 76.0 Å². The third-order valence-corrected chi connectivity index (χ3v) is 12.2. The van der Waals surface area contributed by atoms with Gasteiger partial charge in [-0.2, -0.15) is 0 Å². The van der Waals surface area contributed by atoms with Crippen LogP contribution in [0.15, 0.2) is 46.4 Å². The van der Waals surface area contributed by atoms with Gasteiger partial charge >= 0.3 is 8.80 Å². The van der Waals surface area contributed by atoms with E-state index in [9.17, 15) is 10.2 Å². The van der Waals surface area contributed by atoms with Crippen molar-refractivity contribution in [3.8, 4) is 11.5 Å². The second-order valence-electron chi connectivity index (χ2n) is 11.7. The monoisotopic (exact) mass is 593 g/mol. The molecule has 0 amide bonds. The summed E-state index contributed by atoms with van der Waals surface area (Å²) in [7, 11) is 4.87. The van der Waals surface area contributed by atoms with Crippen LogP contribution in [-0.2, 0) is 18.1 Å². The van der Waals surface area contributed by atoms with Crippen molar-refractivity contribution in [1.29, 1.82) is 0 Å². The van der Waals surface area contributed by atoms with Crippen LogP contribution in [0.4, 0.5) is 0 Å². The Bertz CT molecular complexity index is 1220. The number of phenolic OH excluding ortho intramolecular Hbond substituents is 2. The Kier molecular flexibility index (Phi) is 9.87. The summed E-state index contributed by atoms with van der Waals surface area (Å²) < 4.78 is 15.9. The summed E-state index contributed by atoms with van der Waals surface area (Å²) in [6.45, 7) is 7.06. The van der Waals surface area contributed by atoms with Crippen LogP contribution >= 0.6 is 0 Å². The van der Waals surface area contributed by atoms with Crippen LogP contribution in [0.2, 0.25) is 6.04 Å². The van der Waals surface area contributed by atoms with E-state index in [2.05, 4.69) is 58.1 Å². The first-order valence-corrected chi connectivity index (χ1v) is 16.6. The fourth-order valence-corrected chi connectivity index (χ4v) is 8.48. The second kappa shape index (κ2) is 12.8. The van der Waals surface area contributed by atoms with Gasteiger partial charge in [-0.15, -0.1) is 0 Å². The van der Waals surface area contributed by atoms with E-state index in [-0.39, 0.29) is 28.9 Å². The van der Waals surface area contributed by atoms with Crippen molar-refractivity contribution in [3.63, 3.8) is 0 Å². The van der Waals surface area contributed by atoms with Crippen LogP contribution in [0.1, 0.15) is 81.2 Å². The van der Waals surface area contributed by atoms with E-state index in [0.717, 1.165) is 36.8 Å². The summed E-state index contributed by atoms with van der Waals surface area (Å²) in [5.41, 5.74) is 2.94. The van der Waals surface area contributed by atoms with Gasteiger partial charge in [-0.1, -0.05) is 39.3 Å². The molecule has 2 aromatic rings. The largest absolute Gasteiger partial charge is 0.507 e. The summed E-state index contributed by atoms with van der Waals surface area (Å²) in [4.78, 5) is 9.60. The maximum absolute atomic E-state index is 11.5. The average molecular weight is 594 g/mol. The lowest BCUT2D eigenvalue weighted by Crippen LogP contribution is -2.66. The van der Waals surface area contributed by atoms with E-state index < -0.39 is 14.5 Å². The summed E-state index contributed by atoms with van der Waals surface area (Å²) in [6, 6.07) is 12.0. The van der Waals surface area contributed by atoms with E-state index in [1.54, 1.807) is 25.6 Å². The number of hydrogen-bond donors (Lipinski definition) is 3. The molecule has 0 aromatic heterocycles. The van der Waals surface area contributed by atoms with Gasteiger partial charge in [0.15, 0.2) is 0 Å². The quantitative estimate of drug-likeness (QED) is 0.199. The molecule has 1 aliphatic carbocycles. The molecule has 6 radical (unpaired) electrons. The molecule has 2 aromatic carbocycles. The minimum Gasteiger partial charge on any atom is -0.507 e. The van der Waals surface area contributed by atoms with Gasteiger partial charge in [0.1, 0.15) is 17.2 Å². The molecular formula is C29H39N3O5Si3. The Morgan fingerprint density at radius 3 is 2.52 bits per heavy atom. The van der Waals surface area contributed by atoms with Gasteiger partial charge in [0.25, 0.3) is 0 Å². The Balaban J connectivity index is 1.57. The molecule has 40 heavy (non-hydrogen) atoms. The van der Waals surface area contributed by atoms with Gasteiger partial charge in [-0.05, 0) is 60.9 Å². The lowest BCUT2D eigenvalue weighted by Gasteiger charge is -2.57. The lowest BCUT2D eigenvalue weighted by atomic mass is 9.65. The van der Waals surface area contributed by atoms with E-state index >= 15 is 0 Å². The maximum atomic E-state index is 11.5. The Labute approximate surface area is 245 Å². The molecular weight excluding hydrogens is 555 g/mol. The predicted molar refractivity (Wildman–Crippen MR) is 161 cm³/mol. The molecule has 3 N–H and O–H groups in total. The third-order valence-electron chi connectivity index (χ3n) is 8.11. The fourth-order valence-electron chi connectivity index (χ4n) is 5.66. The minimum absolute atomic E-state index is 0.0173. The molecule has 2 aliphatic rings. The Morgan fingerprint density at radius 1 is 1.10 bits per heavy atom. The lowest BCUT2D eigenvalue weighted by molar-refractivity contribution is -0.000796. The highest BCUT2D eigenvalue weighted by Crippen LogP contribution is 2.53. The first-order valence-electron chi connectivity index (χ1n) is 13.8. The number of hydrogen-bond acceptors (Lipinski definition) is 8. The number of aromatic hydroxyl groups is 2. The molecule has 212 valence electrons. The third kappa shape index (κ3) is 6.51. The van der Waals surface area contributed by atoms with Crippen molar-refractivity contribution in [2.24, 2.45) is 15.9 Å². The van der Waals surface area contributed by atoms with Crippen molar-refractivity contribution in [3.05, 3.63) is 58.7 Å². The van der Waals surface area contributed by atoms with Crippen LogP contribution in [0, 0.1) is 5.92 Å². The number of benzene rings is 2. The van der Waals surface area contributed by atoms with Crippen LogP contribution in [0.3, 0.4) is 0 Å². The number of phenols is 2. The highest BCUT2D eigenvalue weighted by Gasteiger charge is 2.55. The van der Waals surface area contributed by atoms with Crippen LogP contribution in [0.5, 0.6) is 11.5 Å². The van der Waals surface area contributed by atoms with Crippen molar-refractivity contribution in [1.82, 2.24) is 5.32 Å². The molecule has 4 rings (SSSR count). The molecule has 1 heterocycles. The van der Waals surface area contributed by atoms with E-state index in [1.165, 1.54) is 0 Å². The zero-order chi connectivity index (χ0) is 29.0. The standard InChI is InChI=1S/C29H39N3O5Si3/c1-28(2,3)22-16-21(18-30-14-9-15-40(35-4,36-38)37-39)27(34)23(17-22)26-24-11-7-8-13-29(24,32-26)31-19-20-10-5-6-12-25(20)33/h5-6,10,12,16-19,24,26,32-34H,7-9,11,13-15H2,1-4H3/b30-18?,31-19+/t24-,26?,29-/m0/s1. The van der Waals surface area contributed by atoms with Crippen LogP contribution in [0.25, 0.3) is 0 Å². The zero-order valence-corrected chi connectivity index (χ0v) is 26.7. The Hall–Kier alpha value is -2.13. The van der Waals surface area contributed by atoms with Gasteiger partial charge in [-0.25, -0.2) is 0 Å². The number of fused-ring (bicyclic) bond motifs is 1. The highest BCUT2D eigenvalue weighted by atomic mass is 28.4. The van der Waals surface area contributed by atoms with Crippen molar-refractivity contribution in [2.75, 3.05) is 13.7 Å². The molecule has 2 fully saturated rings. The van der Waals surface area contributed by atoms with Gasteiger partial charge in [-0.3, -0.25) is 15.3 Å². The summed E-state index contributed by atoms with van der Waals surface area (Å²) in [6.07, 6.45) is 8.41. The van der Waals surface area contributed by atoms with Gasteiger partial charge in [0, 0.05) is 60.8 Å². The van der Waals surface area contributed by atoms with Gasteiger partial charge < -0.3 is 22.9 Å². The molecule has 11 heteroatoms. The molecule has 0 bridgehead atoms. The van der Waals surface area contributed by atoms with Crippen LogP contribution in [-0.4, -0.2) is 71.7 Å². The molecule has 1 unspecified atom stereocenters. The summed E-state index contributed by atoms with van der Waals surface area (Å²) >= 11 is 0. The highest BCUT2D eigenvalue weighted by molar-refractivity contribution is 6.66. The predicted octanol–water partition coefficient (Wildman–Crippen LogP) is 4.64. The summed E-state index contributed by atoms with van der Waals surface area (Å²) in [5, 5.41) is 25.4. The fraction of sp³-hybridized carbons (Fsp3) is 0.517. The first-order chi connectivity index (χ1) is 19.1.